The fourth-order valence-electron chi connectivity index (χ4n) is 5.63. The van der Waals surface area contributed by atoms with Crippen LogP contribution in [0.4, 0.5) is 0 Å². The predicted octanol–water partition coefficient (Wildman–Crippen LogP) is 3.32. The minimum atomic E-state index is -1.10. The zero-order valence-corrected chi connectivity index (χ0v) is 20.6. The Kier molecular flexibility index (Phi) is 10.1. The molecule has 0 bridgehead atoms. The molecule has 0 amide bonds. The molecular formula is C26H42O7. The van der Waals surface area contributed by atoms with Crippen molar-refractivity contribution in [3.63, 3.8) is 0 Å². The van der Waals surface area contributed by atoms with Crippen molar-refractivity contribution in [1.29, 1.82) is 0 Å². The number of allylic oxidation sites excluding steroid dienone is 2. The first-order valence-electron chi connectivity index (χ1n) is 12.3. The number of aliphatic carboxylic acids is 1. The van der Waals surface area contributed by atoms with Crippen molar-refractivity contribution in [2.75, 3.05) is 0 Å². The number of aliphatic hydroxyl groups excluding tert-OH is 3. The van der Waals surface area contributed by atoms with Crippen LogP contribution in [0.3, 0.4) is 0 Å². The summed E-state index contributed by atoms with van der Waals surface area (Å²) in [6.07, 6.45) is 3.91. The molecule has 0 saturated carbocycles. The average Bonchev–Trinajstić information content (AvgIpc) is 2.65. The first kappa shape index (κ1) is 27.5. The van der Waals surface area contributed by atoms with Crippen molar-refractivity contribution in [2.24, 2.45) is 35.5 Å². The van der Waals surface area contributed by atoms with Crippen molar-refractivity contribution < 1.29 is 34.8 Å². The van der Waals surface area contributed by atoms with Crippen LogP contribution in [-0.4, -0.2) is 56.8 Å². The van der Waals surface area contributed by atoms with Crippen LogP contribution in [0.15, 0.2) is 23.8 Å². The molecule has 0 fully saturated rings. The minimum absolute atomic E-state index is 0.0121. The van der Waals surface area contributed by atoms with Gasteiger partial charge >= 0.3 is 11.9 Å². The molecule has 7 nitrogen and oxygen atoms in total. The highest BCUT2D eigenvalue weighted by Crippen LogP contribution is 2.44. The number of hydrogen-bond donors (Lipinski definition) is 4. The number of ether oxygens (including phenoxy) is 1. The van der Waals surface area contributed by atoms with E-state index in [4.69, 9.17) is 9.84 Å². The second kappa shape index (κ2) is 12.1. The van der Waals surface area contributed by atoms with Crippen molar-refractivity contribution in [1.82, 2.24) is 0 Å². The molecule has 0 heterocycles. The molecule has 7 atom stereocenters. The Morgan fingerprint density at radius 1 is 1.12 bits per heavy atom. The number of carboxylic acid groups (broad SMARTS) is 1. The van der Waals surface area contributed by atoms with E-state index in [2.05, 4.69) is 13.0 Å². The largest absolute Gasteiger partial charge is 0.481 e. The van der Waals surface area contributed by atoms with E-state index in [1.54, 1.807) is 0 Å². The van der Waals surface area contributed by atoms with E-state index < -0.39 is 36.8 Å². The lowest BCUT2D eigenvalue weighted by atomic mass is 9.66. The van der Waals surface area contributed by atoms with Crippen LogP contribution >= 0.6 is 0 Å². The zero-order chi connectivity index (χ0) is 24.9. The summed E-state index contributed by atoms with van der Waals surface area (Å²) in [7, 11) is 0. The van der Waals surface area contributed by atoms with Gasteiger partial charge in [0.25, 0.3) is 0 Å². The summed E-state index contributed by atoms with van der Waals surface area (Å²) in [5, 5.41) is 39.4. The average molecular weight is 467 g/mol. The lowest BCUT2D eigenvalue weighted by Gasteiger charge is -2.43. The van der Waals surface area contributed by atoms with Crippen molar-refractivity contribution in [2.45, 2.75) is 91.1 Å². The number of rotatable bonds is 11. The lowest BCUT2D eigenvalue weighted by Crippen LogP contribution is -2.44. The molecule has 0 aromatic heterocycles. The van der Waals surface area contributed by atoms with Gasteiger partial charge in [0.2, 0.25) is 0 Å². The van der Waals surface area contributed by atoms with E-state index in [9.17, 15) is 24.9 Å². The monoisotopic (exact) mass is 466 g/mol. The van der Waals surface area contributed by atoms with Crippen LogP contribution in [0.5, 0.6) is 0 Å². The number of carbonyl (C=O) groups is 2. The molecule has 0 radical (unpaired) electrons. The van der Waals surface area contributed by atoms with Gasteiger partial charge in [-0.15, -0.1) is 0 Å². The Balaban J connectivity index is 2.15. The Labute approximate surface area is 197 Å². The number of carboxylic acids is 1. The van der Waals surface area contributed by atoms with Gasteiger partial charge in [-0.25, -0.2) is 0 Å². The molecule has 2 aliphatic carbocycles. The highest BCUT2D eigenvalue weighted by atomic mass is 16.5. The second-order valence-electron chi connectivity index (χ2n) is 10.6. The van der Waals surface area contributed by atoms with Crippen LogP contribution in [-0.2, 0) is 14.3 Å². The topological polar surface area (TPSA) is 124 Å². The molecule has 0 unspecified atom stereocenters. The SMILES string of the molecule is CC(C)C(C(=O)O[C@H]1C[C@H](O)C=C2C=C[C@@H](C)[C@H](CC[C@@H](O)C[C@@H](O)CC(=O)O)[C@H]21)C(C)C. The van der Waals surface area contributed by atoms with E-state index >= 15 is 0 Å². The molecule has 4 N–H and O–H groups in total. The summed E-state index contributed by atoms with van der Waals surface area (Å²) in [6, 6.07) is 0. The quantitative estimate of drug-likeness (QED) is 0.344. The highest BCUT2D eigenvalue weighted by Gasteiger charge is 2.43. The smallest absolute Gasteiger partial charge is 0.309 e. The molecule has 0 aliphatic heterocycles. The number of aliphatic hydroxyl groups is 3. The molecule has 2 rings (SSSR count). The Bertz CT molecular complexity index is 718. The Morgan fingerprint density at radius 2 is 1.76 bits per heavy atom. The number of esters is 1. The number of carbonyl (C=O) groups excluding carboxylic acids is 1. The van der Waals surface area contributed by atoms with Gasteiger partial charge < -0.3 is 25.2 Å². The predicted molar refractivity (Wildman–Crippen MR) is 125 cm³/mol. The van der Waals surface area contributed by atoms with Gasteiger partial charge in [0, 0.05) is 12.3 Å². The van der Waals surface area contributed by atoms with Gasteiger partial charge in [0.15, 0.2) is 0 Å². The van der Waals surface area contributed by atoms with E-state index in [-0.39, 0.29) is 47.9 Å². The fraction of sp³-hybridized carbons (Fsp3) is 0.769. The zero-order valence-electron chi connectivity index (χ0n) is 20.6. The first-order chi connectivity index (χ1) is 15.4. The molecule has 0 spiro atoms. The van der Waals surface area contributed by atoms with E-state index in [0.29, 0.717) is 19.3 Å². The number of fused-ring (bicyclic) bond motifs is 1. The summed E-state index contributed by atoms with van der Waals surface area (Å²) in [5.41, 5.74) is 0.959. The summed E-state index contributed by atoms with van der Waals surface area (Å²) in [6.45, 7) is 10.2. The fourth-order valence-corrected chi connectivity index (χ4v) is 5.63. The molecule has 0 aromatic carbocycles. The molecule has 33 heavy (non-hydrogen) atoms. The van der Waals surface area contributed by atoms with Gasteiger partial charge in [0.05, 0.1) is 30.7 Å². The minimum Gasteiger partial charge on any atom is -0.481 e. The Hall–Kier alpha value is -1.70. The summed E-state index contributed by atoms with van der Waals surface area (Å²) < 4.78 is 6.07. The van der Waals surface area contributed by atoms with E-state index in [0.717, 1.165) is 5.57 Å². The molecular weight excluding hydrogens is 424 g/mol. The maximum Gasteiger partial charge on any atom is 0.309 e. The molecule has 7 heteroatoms. The van der Waals surface area contributed by atoms with Crippen LogP contribution in [0, 0.1) is 35.5 Å². The van der Waals surface area contributed by atoms with Crippen LogP contribution in [0.1, 0.15) is 66.7 Å². The third-order valence-corrected chi connectivity index (χ3v) is 7.14. The molecule has 0 aromatic rings. The maximum atomic E-state index is 13.1. The first-order valence-corrected chi connectivity index (χ1v) is 12.3. The molecule has 188 valence electrons. The van der Waals surface area contributed by atoms with E-state index in [1.165, 1.54) is 0 Å². The van der Waals surface area contributed by atoms with Gasteiger partial charge in [0.1, 0.15) is 6.10 Å². The number of hydrogen-bond acceptors (Lipinski definition) is 6. The van der Waals surface area contributed by atoms with Gasteiger partial charge in [-0.1, -0.05) is 52.8 Å². The normalized spacial score (nSPS) is 29.1. The summed E-state index contributed by atoms with van der Waals surface area (Å²) in [4.78, 5) is 23.8. The van der Waals surface area contributed by atoms with Crippen LogP contribution in [0.2, 0.25) is 0 Å². The standard InChI is InChI=1S/C26H42O7/c1-14(2)24(15(3)4)26(32)33-22-12-19(28)10-17-7-6-16(5)21(25(17)22)9-8-18(27)11-20(29)13-23(30)31/h6-7,10,14-16,18-22,24-25,27-29H,8-9,11-13H2,1-5H3,(H,30,31)/t16-,18-,19-,20-,21+,22+,25+/m1/s1. The second-order valence-corrected chi connectivity index (χ2v) is 10.6. The van der Waals surface area contributed by atoms with Gasteiger partial charge in [-0.2, -0.15) is 0 Å². The van der Waals surface area contributed by atoms with Crippen molar-refractivity contribution in [3.05, 3.63) is 23.8 Å². The van der Waals surface area contributed by atoms with Gasteiger partial charge in [-0.3, -0.25) is 9.59 Å². The molecule has 0 saturated heterocycles. The maximum absolute atomic E-state index is 13.1. The molecule has 2 aliphatic rings. The van der Waals surface area contributed by atoms with Crippen LogP contribution in [0.25, 0.3) is 0 Å². The Morgan fingerprint density at radius 3 is 2.33 bits per heavy atom. The van der Waals surface area contributed by atoms with Gasteiger partial charge in [-0.05, 0) is 48.5 Å². The van der Waals surface area contributed by atoms with Crippen LogP contribution < -0.4 is 0 Å². The third-order valence-electron chi connectivity index (χ3n) is 7.14. The highest BCUT2D eigenvalue weighted by molar-refractivity contribution is 5.73. The van der Waals surface area contributed by atoms with Crippen molar-refractivity contribution >= 4 is 11.9 Å². The van der Waals surface area contributed by atoms with E-state index in [1.807, 2.05) is 39.8 Å². The summed E-state index contributed by atoms with van der Waals surface area (Å²) in [5.74, 6) is -1.04. The third kappa shape index (κ3) is 7.66. The van der Waals surface area contributed by atoms with Crippen molar-refractivity contribution in [3.8, 4) is 0 Å². The lowest BCUT2D eigenvalue weighted by molar-refractivity contribution is -0.163. The summed E-state index contributed by atoms with van der Waals surface area (Å²) >= 11 is 0.